The van der Waals surface area contributed by atoms with Crippen LogP contribution in [0.15, 0.2) is 71.4 Å². The molecule has 3 rings (SSSR count). The molecule has 172 valence electrons. The fourth-order valence-electron chi connectivity index (χ4n) is 3.51. The van der Waals surface area contributed by atoms with E-state index in [4.69, 9.17) is 9.47 Å². The van der Waals surface area contributed by atoms with Crippen molar-refractivity contribution in [3.05, 3.63) is 77.0 Å². The lowest BCUT2D eigenvalue weighted by molar-refractivity contribution is -0.136. The number of para-hydroxylation sites is 1. The summed E-state index contributed by atoms with van der Waals surface area (Å²) >= 11 is 0. The van der Waals surface area contributed by atoms with Gasteiger partial charge in [-0.1, -0.05) is 44.2 Å². The summed E-state index contributed by atoms with van der Waals surface area (Å²) in [5.41, 5.74) is 2.60. The summed E-state index contributed by atoms with van der Waals surface area (Å²) in [6, 6.07) is 16.1. The second-order valence-electron chi connectivity index (χ2n) is 8.09. The van der Waals surface area contributed by atoms with E-state index in [0.717, 1.165) is 5.56 Å². The molecule has 1 aliphatic rings. The number of nitrogens with one attached hydrogen (secondary N) is 1. The minimum atomic E-state index is -0.539. The van der Waals surface area contributed by atoms with E-state index >= 15 is 0 Å². The molecule has 0 aliphatic carbocycles. The lowest BCUT2D eigenvalue weighted by Gasteiger charge is -2.19. The Morgan fingerprint density at radius 1 is 1.06 bits per heavy atom. The Hall–Kier alpha value is -3.87. The number of carbonyl (C=O) groups is 3. The Morgan fingerprint density at radius 3 is 2.33 bits per heavy atom. The molecular weight excluding hydrogens is 420 g/mol. The number of benzene rings is 2. The van der Waals surface area contributed by atoms with Crippen LogP contribution in [0.1, 0.15) is 26.3 Å². The molecule has 0 fully saturated rings. The molecule has 0 atom stereocenters. The van der Waals surface area contributed by atoms with Gasteiger partial charge in [0.2, 0.25) is 0 Å². The highest BCUT2D eigenvalue weighted by Crippen LogP contribution is 2.32. The van der Waals surface area contributed by atoms with E-state index in [1.165, 1.54) is 7.11 Å². The third-order valence-electron chi connectivity index (χ3n) is 5.07. The van der Waals surface area contributed by atoms with Gasteiger partial charge in [0.25, 0.3) is 11.8 Å². The van der Waals surface area contributed by atoms with Crippen LogP contribution in [0, 0.1) is 5.92 Å². The van der Waals surface area contributed by atoms with Gasteiger partial charge in [-0.2, -0.15) is 0 Å². The molecule has 0 saturated carbocycles. The Morgan fingerprint density at radius 2 is 1.73 bits per heavy atom. The summed E-state index contributed by atoms with van der Waals surface area (Å²) in [5.74, 6) is -0.267. The third-order valence-corrected chi connectivity index (χ3v) is 5.07. The fraction of sp³-hybridized carbons (Fsp3) is 0.269. The summed E-state index contributed by atoms with van der Waals surface area (Å²) in [6.45, 7) is 6.16. The summed E-state index contributed by atoms with van der Waals surface area (Å²) in [6.07, 6.45) is 1.67. The number of amides is 2. The molecule has 1 heterocycles. The molecule has 7 heteroatoms. The largest absolute Gasteiger partial charge is 0.484 e. The van der Waals surface area contributed by atoms with Crippen LogP contribution in [-0.2, 0) is 19.1 Å². The van der Waals surface area contributed by atoms with E-state index in [9.17, 15) is 14.4 Å². The van der Waals surface area contributed by atoms with Gasteiger partial charge in [-0.15, -0.1) is 0 Å². The molecule has 1 aliphatic heterocycles. The van der Waals surface area contributed by atoms with E-state index in [0.29, 0.717) is 29.3 Å². The predicted molar refractivity (Wildman–Crippen MR) is 126 cm³/mol. The van der Waals surface area contributed by atoms with Gasteiger partial charge in [0.05, 0.1) is 18.3 Å². The Kier molecular flexibility index (Phi) is 7.66. The quantitative estimate of drug-likeness (QED) is 0.487. The van der Waals surface area contributed by atoms with E-state index in [1.807, 2.05) is 32.0 Å². The normalized spacial score (nSPS) is 14.8. The highest BCUT2D eigenvalue weighted by Gasteiger charge is 2.37. The second-order valence-corrected chi connectivity index (χ2v) is 8.09. The summed E-state index contributed by atoms with van der Waals surface area (Å²) in [7, 11) is 1.30. The van der Waals surface area contributed by atoms with Crippen LogP contribution in [0.3, 0.4) is 0 Å². The summed E-state index contributed by atoms with van der Waals surface area (Å²) in [5, 5.41) is 2.75. The first-order chi connectivity index (χ1) is 15.8. The number of carbonyl (C=O) groups excluding carboxylic acids is 3. The van der Waals surface area contributed by atoms with Crippen molar-refractivity contribution < 1.29 is 23.9 Å². The standard InChI is InChI=1S/C26H28N2O5/c1-17(2)15-28-18(3)24(26(31)32-4)22(25(28)30)14-19-10-12-21(13-11-19)33-16-23(29)27-20-8-6-5-7-9-20/h5-14,17H,15-16H2,1-4H3,(H,27,29)/b22-14-. The van der Waals surface area contributed by atoms with Gasteiger partial charge in [-0.25, -0.2) is 4.79 Å². The Bertz CT molecular complexity index is 1090. The van der Waals surface area contributed by atoms with Gasteiger partial charge in [-0.05, 0) is 48.7 Å². The van der Waals surface area contributed by atoms with Crippen molar-refractivity contribution in [2.75, 3.05) is 25.6 Å². The molecule has 0 saturated heterocycles. The maximum absolute atomic E-state index is 13.0. The Labute approximate surface area is 193 Å². The SMILES string of the molecule is COC(=O)C1=C(C)N(CC(C)C)C(=O)/C1=C\c1ccc(OCC(=O)Nc2ccccc2)cc1. The van der Waals surface area contributed by atoms with E-state index in [2.05, 4.69) is 5.32 Å². The molecular formula is C26H28N2O5. The van der Waals surface area contributed by atoms with Gasteiger partial charge in [0, 0.05) is 17.9 Å². The number of allylic oxidation sites excluding steroid dienone is 1. The monoisotopic (exact) mass is 448 g/mol. The number of methoxy groups -OCH3 is 1. The minimum Gasteiger partial charge on any atom is -0.484 e. The molecule has 33 heavy (non-hydrogen) atoms. The zero-order valence-electron chi connectivity index (χ0n) is 19.3. The van der Waals surface area contributed by atoms with Crippen molar-refractivity contribution in [1.29, 1.82) is 0 Å². The predicted octanol–water partition coefficient (Wildman–Crippen LogP) is 4.03. The van der Waals surface area contributed by atoms with Crippen molar-refractivity contribution in [2.24, 2.45) is 5.92 Å². The first kappa shape index (κ1) is 23.8. The zero-order chi connectivity index (χ0) is 24.0. The minimum absolute atomic E-state index is 0.133. The van der Waals surface area contributed by atoms with Crippen LogP contribution in [0.5, 0.6) is 5.75 Å². The van der Waals surface area contributed by atoms with Crippen LogP contribution >= 0.6 is 0 Å². The number of hydrogen-bond acceptors (Lipinski definition) is 5. The second kappa shape index (κ2) is 10.6. The molecule has 7 nitrogen and oxygen atoms in total. The van der Waals surface area contributed by atoms with Gasteiger partial charge < -0.3 is 19.7 Å². The Balaban J connectivity index is 1.71. The number of rotatable bonds is 8. The van der Waals surface area contributed by atoms with Crippen LogP contribution in [0.2, 0.25) is 0 Å². The van der Waals surface area contributed by atoms with Crippen LogP contribution in [-0.4, -0.2) is 42.9 Å². The van der Waals surface area contributed by atoms with E-state index in [1.54, 1.807) is 54.3 Å². The van der Waals surface area contributed by atoms with Crippen LogP contribution in [0.25, 0.3) is 6.08 Å². The number of anilines is 1. The van der Waals surface area contributed by atoms with Crippen LogP contribution in [0.4, 0.5) is 5.69 Å². The first-order valence-electron chi connectivity index (χ1n) is 10.7. The zero-order valence-corrected chi connectivity index (χ0v) is 19.3. The van der Waals surface area contributed by atoms with Crippen molar-refractivity contribution >= 4 is 29.5 Å². The summed E-state index contributed by atoms with van der Waals surface area (Å²) < 4.78 is 10.5. The maximum atomic E-state index is 13.0. The number of esters is 1. The van der Waals surface area contributed by atoms with Gasteiger partial charge in [-0.3, -0.25) is 9.59 Å². The lowest BCUT2D eigenvalue weighted by Crippen LogP contribution is -2.28. The van der Waals surface area contributed by atoms with E-state index in [-0.39, 0.29) is 29.9 Å². The van der Waals surface area contributed by atoms with Crippen molar-refractivity contribution in [3.63, 3.8) is 0 Å². The average molecular weight is 449 g/mol. The summed E-state index contributed by atoms with van der Waals surface area (Å²) in [4.78, 5) is 39.1. The molecule has 2 aromatic rings. The van der Waals surface area contributed by atoms with Gasteiger partial charge in [0.1, 0.15) is 5.75 Å². The molecule has 1 N–H and O–H groups in total. The number of hydrogen-bond donors (Lipinski definition) is 1. The fourth-order valence-corrected chi connectivity index (χ4v) is 3.51. The highest BCUT2D eigenvalue weighted by atomic mass is 16.5. The highest BCUT2D eigenvalue weighted by molar-refractivity contribution is 6.16. The molecule has 0 aromatic heterocycles. The topological polar surface area (TPSA) is 84.9 Å². The molecule has 0 radical (unpaired) electrons. The van der Waals surface area contributed by atoms with Crippen LogP contribution < -0.4 is 10.1 Å². The van der Waals surface area contributed by atoms with Gasteiger partial charge >= 0.3 is 5.97 Å². The number of ether oxygens (including phenoxy) is 2. The van der Waals surface area contributed by atoms with E-state index < -0.39 is 5.97 Å². The molecule has 0 bridgehead atoms. The van der Waals surface area contributed by atoms with Crippen molar-refractivity contribution in [3.8, 4) is 5.75 Å². The van der Waals surface area contributed by atoms with Crippen molar-refractivity contribution in [1.82, 2.24) is 4.90 Å². The molecule has 2 aromatic carbocycles. The maximum Gasteiger partial charge on any atom is 0.340 e. The molecule has 2 amide bonds. The molecule has 0 spiro atoms. The molecule has 0 unspecified atom stereocenters. The lowest BCUT2D eigenvalue weighted by atomic mass is 10.0. The smallest absolute Gasteiger partial charge is 0.340 e. The average Bonchev–Trinajstić information content (AvgIpc) is 3.02. The number of nitrogens with zero attached hydrogens (tertiary/aromatic N) is 1. The third kappa shape index (κ3) is 5.88. The van der Waals surface area contributed by atoms with Gasteiger partial charge in [0.15, 0.2) is 6.61 Å². The first-order valence-corrected chi connectivity index (χ1v) is 10.7. The van der Waals surface area contributed by atoms with Crippen molar-refractivity contribution in [2.45, 2.75) is 20.8 Å².